The van der Waals surface area contributed by atoms with E-state index in [1.165, 1.54) is 4.31 Å². The van der Waals surface area contributed by atoms with Crippen LogP contribution in [-0.2, 0) is 14.8 Å². The van der Waals surface area contributed by atoms with Gasteiger partial charge >= 0.3 is 5.97 Å². The number of ether oxygens (including phenoxy) is 1. The number of carboxylic acids is 1. The van der Waals surface area contributed by atoms with Crippen LogP contribution in [-0.4, -0.2) is 37.1 Å². The van der Waals surface area contributed by atoms with Crippen molar-refractivity contribution in [2.45, 2.75) is 44.1 Å². The summed E-state index contributed by atoms with van der Waals surface area (Å²) in [6.45, 7) is 3.95. The van der Waals surface area contributed by atoms with Crippen molar-refractivity contribution in [2.24, 2.45) is 11.8 Å². The SMILES string of the molecule is Cc1cccc(S(=O)(=O)N2C[C@H](CC3CC(C(=O)O)C3)Oc3ccc(-c4cccc(C)n4)cc32)c1. The minimum Gasteiger partial charge on any atom is -0.486 e. The zero-order chi connectivity index (χ0) is 24.7. The molecule has 35 heavy (non-hydrogen) atoms. The van der Waals surface area contributed by atoms with Gasteiger partial charge in [0.15, 0.2) is 0 Å². The van der Waals surface area contributed by atoms with Crippen molar-refractivity contribution >= 4 is 21.7 Å². The number of nitrogens with zero attached hydrogens (tertiary/aromatic N) is 2. The maximum atomic E-state index is 13.8. The van der Waals surface area contributed by atoms with Gasteiger partial charge < -0.3 is 9.84 Å². The van der Waals surface area contributed by atoms with Crippen LogP contribution in [0.3, 0.4) is 0 Å². The molecule has 1 aliphatic carbocycles. The van der Waals surface area contributed by atoms with Gasteiger partial charge in [0.25, 0.3) is 10.0 Å². The van der Waals surface area contributed by atoms with Gasteiger partial charge in [0.1, 0.15) is 11.9 Å². The molecule has 5 rings (SSSR count). The summed E-state index contributed by atoms with van der Waals surface area (Å²) in [5.41, 5.74) is 3.80. The standard InChI is InChI=1S/C27H28N2O5S/c1-17-5-3-7-23(11-17)35(32,33)29-16-22(14-19-12-21(13-19)27(30)31)34-26-10-9-20(15-25(26)29)24-8-4-6-18(2)28-24/h3-11,15,19,21-22H,12-14,16H2,1-2H3,(H,30,31)/t19?,21?,22-/m0/s1. The second-order valence-corrected chi connectivity index (χ2v) is 11.4. The van der Waals surface area contributed by atoms with Crippen LogP contribution in [0.15, 0.2) is 65.6 Å². The molecular formula is C27H28N2O5S. The Bertz CT molecular complexity index is 1380. The van der Waals surface area contributed by atoms with Gasteiger partial charge in [-0.2, -0.15) is 0 Å². The van der Waals surface area contributed by atoms with E-state index in [1.807, 2.05) is 50.2 Å². The van der Waals surface area contributed by atoms with E-state index in [1.54, 1.807) is 24.3 Å². The van der Waals surface area contributed by atoms with E-state index >= 15 is 0 Å². The summed E-state index contributed by atoms with van der Waals surface area (Å²) in [4.78, 5) is 16.0. The Morgan fingerprint density at radius 1 is 1.09 bits per heavy atom. The Kier molecular flexibility index (Phi) is 6.01. The third kappa shape index (κ3) is 4.62. The molecule has 1 aliphatic heterocycles. The number of sulfonamides is 1. The molecule has 1 aromatic heterocycles. The van der Waals surface area contributed by atoms with Gasteiger partial charge in [-0.05, 0) is 87.1 Å². The van der Waals surface area contributed by atoms with E-state index in [4.69, 9.17) is 4.74 Å². The van der Waals surface area contributed by atoms with Crippen molar-refractivity contribution in [1.82, 2.24) is 4.98 Å². The number of rotatable bonds is 6. The Balaban J connectivity index is 1.51. The van der Waals surface area contributed by atoms with E-state index in [2.05, 4.69) is 4.98 Å². The molecule has 1 saturated carbocycles. The predicted molar refractivity (Wildman–Crippen MR) is 133 cm³/mol. The monoisotopic (exact) mass is 492 g/mol. The molecule has 0 bridgehead atoms. The van der Waals surface area contributed by atoms with Crippen molar-refractivity contribution in [2.75, 3.05) is 10.8 Å². The molecule has 1 atom stereocenters. The maximum Gasteiger partial charge on any atom is 0.306 e. The number of hydrogen-bond acceptors (Lipinski definition) is 5. The number of anilines is 1. The van der Waals surface area contributed by atoms with E-state index in [9.17, 15) is 18.3 Å². The average Bonchev–Trinajstić information content (AvgIpc) is 2.80. The van der Waals surface area contributed by atoms with Crippen LogP contribution in [0.25, 0.3) is 11.3 Å². The number of aliphatic carboxylic acids is 1. The number of pyridine rings is 1. The van der Waals surface area contributed by atoms with Crippen LogP contribution in [0.2, 0.25) is 0 Å². The summed E-state index contributed by atoms with van der Waals surface area (Å²) in [6.07, 6.45) is 1.46. The van der Waals surface area contributed by atoms with Crippen molar-refractivity contribution in [3.05, 3.63) is 71.9 Å². The van der Waals surface area contributed by atoms with Crippen LogP contribution in [0.5, 0.6) is 5.75 Å². The average molecular weight is 493 g/mol. The first-order chi connectivity index (χ1) is 16.7. The first-order valence-electron chi connectivity index (χ1n) is 11.8. The summed E-state index contributed by atoms with van der Waals surface area (Å²) >= 11 is 0. The van der Waals surface area contributed by atoms with Gasteiger partial charge in [0.2, 0.25) is 0 Å². The van der Waals surface area contributed by atoms with E-state index in [0.29, 0.717) is 30.7 Å². The summed E-state index contributed by atoms with van der Waals surface area (Å²) in [5.74, 6) is -0.366. The van der Waals surface area contributed by atoms with Gasteiger partial charge in [-0.1, -0.05) is 18.2 Å². The number of carbonyl (C=O) groups is 1. The smallest absolute Gasteiger partial charge is 0.306 e. The number of fused-ring (bicyclic) bond motifs is 1. The molecule has 0 radical (unpaired) electrons. The number of carboxylic acid groups (broad SMARTS) is 1. The molecule has 3 aromatic rings. The second-order valence-electron chi connectivity index (χ2n) is 9.55. The predicted octanol–water partition coefficient (Wildman–Crippen LogP) is 4.82. The minimum atomic E-state index is -3.85. The van der Waals surface area contributed by atoms with Crippen LogP contribution in [0.1, 0.15) is 30.5 Å². The Morgan fingerprint density at radius 2 is 1.86 bits per heavy atom. The largest absolute Gasteiger partial charge is 0.486 e. The van der Waals surface area contributed by atoms with Crippen molar-refractivity contribution < 1.29 is 23.1 Å². The normalized spacial score (nSPS) is 21.5. The quantitative estimate of drug-likeness (QED) is 0.530. The lowest BCUT2D eigenvalue weighted by Gasteiger charge is -2.40. The topological polar surface area (TPSA) is 96.8 Å². The Morgan fingerprint density at radius 3 is 2.57 bits per heavy atom. The molecule has 2 heterocycles. The first kappa shape index (κ1) is 23.4. The van der Waals surface area contributed by atoms with Gasteiger partial charge in [0.05, 0.1) is 28.7 Å². The highest BCUT2D eigenvalue weighted by atomic mass is 32.2. The molecule has 2 aliphatic rings. The summed E-state index contributed by atoms with van der Waals surface area (Å²) in [6, 6.07) is 18.2. The van der Waals surface area contributed by atoms with Crippen molar-refractivity contribution in [3.63, 3.8) is 0 Å². The summed E-state index contributed by atoms with van der Waals surface area (Å²) < 4.78 is 35.4. The van der Waals surface area contributed by atoms with Crippen LogP contribution < -0.4 is 9.04 Å². The van der Waals surface area contributed by atoms with E-state index < -0.39 is 16.0 Å². The van der Waals surface area contributed by atoms with Crippen molar-refractivity contribution in [3.8, 4) is 17.0 Å². The highest BCUT2D eigenvalue weighted by Gasteiger charge is 2.40. The van der Waals surface area contributed by atoms with Crippen LogP contribution >= 0.6 is 0 Å². The maximum absolute atomic E-state index is 13.8. The molecular weight excluding hydrogens is 464 g/mol. The Labute approximate surface area is 205 Å². The molecule has 182 valence electrons. The molecule has 0 spiro atoms. The van der Waals surface area contributed by atoms with E-state index in [0.717, 1.165) is 22.5 Å². The third-order valence-electron chi connectivity index (χ3n) is 6.83. The highest BCUT2D eigenvalue weighted by molar-refractivity contribution is 7.92. The lowest BCUT2D eigenvalue weighted by molar-refractivity contribution is -0.146. The van der Waals surface area contributed by atoms with Gasteiger partial charge in [0, 0.05) is 11.3 Å². The lowest BCUT2D eigenvalue weighted by Crippen LogP contribution is -2.45. The number of hydrogen-bond donors (Lipinski definition) is 1. The number of aromatic nitrogens is 1. The fourth-order valence-corrected chi connectivity index (χ4v) is 6.53. The highest BCUT2D eigenvalue weighted by Crippen LogP contribution is 2.43. The van der Waals surface area contributed by atoms with Gasteiger partial charge in [-0.25, -0.2) is 8.42 Å². The molecule has 1 N–H and O–H groups in total. The summed E-state index contributed by atoms with van der Waals surface area (Å²) in [5, 5.41) is 9.20. The molecule has 8 heteroatoms. The molecule has 1 fully saturated rings. The fourth-order valence-electron chi connectivity index (χ4n) is 4.93. The second kappa shape index (κ2) is 9.00. The van der Waals surface area contributed by atoms with Gasteiger partial charge in [-0.3, -0.25) is 14.1 Å². The number of benzene rings is 2. The zero-order valence-electron chi connectivity index (χ0n) is 19.7. The fraction of sp³-hybridized carbons (Fsp3) is 0.333. The molecule has 0 amide bonds. The first-order valence-corrected chi connectivity index (χ1v) is 13.2. The zero-order valence-corrected chi connectivity index (χ0v) is 20.5. The molecule has 0 unspecified atom stereocenters. The van der Waals surface area contributed by atoms with Gasteiger partial charge in [-0.15, -0.1) is 0 Å². The third-order valence-corrected chi connectivity index (χ3v) is 8.61. The number of aryl methyl sites for hydroxylation is 2. The Hall–Kier alpha value is -3.39. The van der Waals surface area contributed by atoms with Crippen LogP contribution in [0.4, 0.5) is 5.69 Å². The van der Waals surface area contributed by atoms with Crippen LogP contribution in [0, 0.1) is 25.7 Å². The molecule has 0 saturated heterocycles. The molecule has 2 aromatic carbocycles. The molecule has 7 nitrogen and oxygen atoms in total. The summed E-state index contributed by atoms with van der Waals surface area (Å²) in [7, 11) is -3.85. The minimum absolute atomic E-state index is 0.169. The van der Waals surface area contributed by atoms with E-state index in [-0.39, 0.29) is 29.4 Å². The van der Waals surface area contributed by atoms with Crippen molar-refractivity contribution in [1.29, 1.82) is 0 Å². The lowest BCUT2D eigenvalue weighted by atomic mass is 9.72.